The van der Waals surface area contributed by atoms with Crippen LogP contribution in [-0.4, -0.2) is 30.2 Å². The van der Waals surface area contributed by atoms with Crippen molar-refractivity contribution in [1.29, 1.82) is 0 Å². The van der Waals surface area contributed by atoms with E-state index in [2.05, 4.69) is 5.32 Å². The van der Waals surface area contributed by atoms with Gasteiger partial charge in [0.2, 0.25) is 0 Å². The number of rotatable bonds is 4. The van der Waals surface area contributed by atoms with Crippen LogP contribution in [0.1, 0.15) is 0 Å². The van der Waals surface area contributed by atoms with Crippen LogP contribution < -0.4 is 10.6 Å². The van der Waals surface area contributed by atoms with E-state index in [1.165, 1.54) is 0 Å². The van der Waals surface area contributed by atoms with Gasteiger partial charge in [-0.05, 0) is 11.5 Å². The summed E-state index contributed by atoms with van der Waals surface area (Å²) in [6.07, 6.45) is 0. The Bertz CT molecular complexity index is 612. The van der Waals surface area contributed by atoms with Gasteiger partial charge in [-0.15, -0.1) is 0 Å². The second kappa shape index (κ2) is 5.83. The smallest absolute Gasteiger partial charge is 0.319 e. The first kappa shape index (κ1) is 14.2. The van der Waals surface area contributed by atoms with Gasteiger partial charge in [-0.3, -0.25) is 0 Å². The van der Waals surface area contributed by atoms with Gasteiger partial charge in [0, 0.05) is 5.39 Å². The van der Waals surface area contributed by atoms with Gasteiger partial charge in [0.1, 0.15) is 6.61 Å². The van der Waals surface area contributed by atoms with Crippen LogP contribution in [0.25, 0.3) is 10.8 Å². The number of amides is 2. The van der Waals surface area contributed by atoms with E-state index in [0.29, 0.717) is 5.69 Å². The molecular weight excluding hydrogens is 266 g/mol. The number of fused-ring (bicyclic) bond motifs is 1. The van der Waals surface area contributed by atoms with Gasteiger partial charge in [-0.25, -0.2) is 13.6 Å². The molecule has 0 saturated carbocycles. The van der Waals surface area contributed by atoms with Gasteiger partial charge in [0.15, 0.2) is 0 Å². The van der Waals surface area contributed by atoms with Gasteiger partial charge in [-0.1, -0.05) is 36.4 Å². The highest BCUT2D eigenvalue weighted by Crippen LogP contribution is 2.22. The zero-order valence-electron chi connectivity index (χ0n) is 10.6. The number of hydrogen-bond acceptors (Lipinski definition) is 2. The number of aliphatic hydroxyl groups is 1. The summed E-state index contributed by atoms with van der Waals surface area (Å²) < 4.78 is 25.6. The maximum atomic E-state index is 12.8. The Kier molecular flexibility index (Phi) is 4.14. The monoisotopic (exact) mass is 280 g/mol. The van der Waals surface area contributed by atoms with E-state index in [9.17, 15) is 13.6 Å². The predicted molar refractivity (Wildman–Crippen MR) is 73.0 cm³/mol. The Morgan fingerprint density at radius 1 is 1.15 bits per heavy atom. The Hall–Kier alpha value is -2.21. The van der Waals surface area contributed by atoms with E-state index in [-0.39, 0.29) is 0 Å². The van der Waals surface area contributed by atoms with Crippen LogP contribution in [0, 0.1) is 0 Å². The number of carbonyl (C=O) groups excluding carboxylic acids is 1. The molecule has 4 nitrogen and oxygen atoms in total. The normalized spacial score (nSPS) is 11.3. The largest absolute Gasteiger partial charge is 0.390 e. The SMILES string of the molecule is O=C(NCC(F)(F)CO)Nc1cccc2ccccc12. The number of alkyl halides is 2. The van der Waals surface area contributed by atoms with Crippen LogP contribution in [0.15, 0.2) is 42.5 Å². The number of urea groups is 1. The summed E-state index contributed by atoms with van der Waals surface area (Å²) in [5, 5.41) is 14.7. The number of hydrogen-bond donors (Lipinski definition) is 3. The van der Waals surface area contributed by atoms with E-state index >= 15 is 0 Å². The first-order valence-electron chi connectivity index (χ1n) is 6.03. The Labute approximate surface area is 114 Å². The van der Waals surface area contributed by atoms with Crippen LogP contribution in [0.2, 0.25) is 0 Å². The second-order valence-corrected chi connectivity index (χ2v) is 4.35. The highest BCUT2D eigenvalue weighted by molar-refractivity contribution is 6.01. The maximum Gasteiger partial charge on any atom is 0.319 e. The summed E-state index contributed by atoms with van der Waals surface area (Å²) >= 11 is 0. The van der Waals surface area contributed by atoms with Crippen molar-refractivity contribution in [2.45, 2.75) is 5.92 Å². The average molecular weight is 280 g/mol. The molecular formula is C14H14F2N2O2. The number of nitrogens with one attached hydrogen (secondary N) is 2. The fraction of sp³-hybridized carbons (Fsp3) is 0.214. The summed E-state index contributed by atoms with van der Waals surface area (Å²) in [4.78, 5) is 11.6. The zero-order chi connectivity index (χ0) is 14.6. The van der Waals surface area contributed by atoms with Gasteiger partial charge in [-0.2, -0.15) is 0 Å². The van der Waals surface area contributed by atoms with E-state index in [1.54, 1.807) is 12.1 Å². The summed E-state index contributed by atoms with van der Waals surface area (Å²) in [5.74, 6) is -3.32. The van der Waals surface area contributed by atoms with Crippen molar-refractivity contribution in [3.63, 3.8) is 0 Å². The molecule has 0 aliphatic heterocycles. The van der Waals surface area contributed by atoms with Crippen molar-refractivity contribution in [1.82, 2.24) is 5.32 Å². The first-order chi connectivity index (χ1) is 9.52. The molecule has 106 valence electrons. The molecule has 0 atom stereocenters. The second-order valence-electron chi connectivity index (χ2n) is 4.35. The summed E-state index contributed by atoms with van der Waals surface area (Å²) in [6.45, 7) is -2.22. The van der Waals surface area contributed by atoms with Crippen LogP contribution >= 0.6 is 0 Å². The standard InChI is InChI=1S/C14H14F2N2O2/c15-14(16,9-19)8-17-13(20)18-12-7-3-5-10-4-1-2-6-11(10)12/h1-7,19H,8-9H2,(H2,17,18,20). The number of aliphatic hydroxyl groups excluding tert-OH is 1. The summed E-state index contributed by atoms with van der Waals surface area (Å²) in [7, 11) is 0. The van der Waals surface area contributed by atoms with Crippen molar-refractivity contribution in [2.24, 2.45) is 0 Å². The van der Waals surface area contributed by atoms with Crippen LogP contribution in [0.4, 0.5) is 19.3 Å². The Morgan fingerprint density at radius 2 is 1.85 bits per heavy atom. The lowest BCUT2D eigenvalue weighted by Gasteiger charge is -2.15. The van der Waals surface area contributed by atoms with Crippen LogP contribution in [-0.2, 0) is 0 Å². The number of halogens is 2. The van der Waals surface area contributed by atoms with Crippen molar-refractivity contribution in [3.8, 4) is 0 Å². The molecule has 20 heavy (non-hydrogen) atoms. The fourth-order valence-corrected chi connectivity index (χ4v) is 1.77. The van der Waals surface area contributed by atoms with Crippen LogP contribution in [0.3, 0.4) is 0 Å². The maximum absolute atomic E-state index is 12.8. The van der Waals surface area contributed by atoms with E-state index in [1.807, 2.05) is 35.6 Å². The van der Waals surface area contributed by atoms with Crippen molar-refractivity contribution in [2.75, 3.05) is 18.5 Å². The fourth-order valence-electron chi connectivity index (χ4n) is 1.77. The van der Waals surface area contributed by atoms with Crippen molar-refractivity contribution < 1.29 is 18.7 Å². The number of anilines is 1. The van der Waals surface area contributed by atoms with Crippen molar-refractivity contribution >= 4 is 22.5 Å². The van der Waals surface area contributed by atoms with Gasteiger partial charge in [0.05, 0.1) is 12.2 Å². The van der Waals surface area contributed by atoms with Gasteiger partial charge in [0.25, 0.3) is 5.92 Å². The van der Waals surface area contributed by atoms with E-state index in [0.717, 1.165) is 10.8 Å². The molecule has 0 aliphatic carbocycles. The molecule has 2 amide bonds. The minimum absolute atomic E-state index is 0.535. The third-order valence-electron chi connectivity index (χ3n) is 2.78. The molecule has 3 N–H and O–H groups in total. The molecule has 0 radical (unpaired) electrons. The lowest BCUT2D eigenvalue weighted by atomic mass is 10.1. The molecule has 0 bridgehead atoms. The Morgan fingerprint density at radius 3 is 2.60 bits per heavy atom. The topological polar surface area (TPSA) is 61.4 Å². The molecule has 2 rings (SSSR count). The summed E-state index contributed by atoms with van der Waals surface area (Å²) in [5.41, 5.74) is 0.535. The van der Waals surface area contributed by atoms with Gasteiger partial charge < -0.3 is 15.7 Å². The third kappa shape index (κ3) is 3.42. The molecule has 2 aromatic rings. The predicted octanol–water partition coefficient (Wildman–Crippen LogP) is 2.59. The van der Waals surface area contributed by atoms with Crippen molar-refractivity contribution in [3.05, 3.63) is 42.5 Å². The Balaban J connectivity index is 2.07. The van der Waals surface area contributed by atoms with Crippen LogP contribution in [0.5, 0.6) is 0 Å². The number of benzene rings is 2. The molecule has 0 aliphatic rings. The molecule has 0 heterocycles. The molecule has 0 unspecified atom stereocenters. The first-order valence-corrected chi connectivity index (χ1v) is 6.03. The highest BCUT2D eigenvalue weighted by Gasteiger charge is 2.28. The molecule has 0 fully saturated rings. The van der Waals surface area contributed by atoms with E-state index in [4.69, 9.17) is 5.11 Å². The lowest BCUT2D eigenvalue weighted by Crippen LogP contribution is -2.40. The average Bonchev–Trinajstić information content (AvgIpc) is 2.46. The summed E-state index contributed by atoms with van der Waals surface area (Å²) in [6, 6.07) is 12.0. The quantitative estimate of drug-likeness (QED) is 0.806. The molecule has 0 saturated heterocycles. The van der Waals surface area contributed by atoms with Gasteiger partial charge >= 0.3 is 6.03 Å². The highest BCUT2D eigenvalue weighted by atomic mass is 19.3. The minimum atomic E-state index is -3.32. The molecule has 0 aromatic heterocycles. The zero-order valence-corrected chi connectivity index (χ0v) is 10.6. The van der Waals surface area contributed by atoms with E-state index < -0.39 is 25.1 Å². The molecule has 2 aromatic carbocycles. The third-order valence-corrected chi connectivity index (χ3v) is 2.78. The lowest BCUT2D eigenvalue weighted by molar-refractivity contribution is -0.0451. The molecule has 6 heteroatoms. The minimum Gasteiger partial charge on any atom is -0.390 e. The number of carbonyl (C=O) groups is 1. The molecule has 0 spiro atoms.